The number of hydrogen-bond donors (Lipinski definition) is 0. The van der Waals surface area contributed by atoms with Gasteiger partial charge < -0.3 is 4.90 Å². The predicted octanol–water partition coefficient (Wildman–Crippen LogP) is 2.44. The normalized spacial score (nSPS) is 20.1. The van der Waals surface area contributed by atoms with Crippen LogP contribution in [0.15, 0.2) is 65.7 Å². The van der Waals surface area contributed by atoms with Gasteiger partial charge in [0.05, 0.1) is 23.3 Å². The summed E-state index contributed by atoms with van der Waals surface area (Å²) < 4.78 is 1.43. The molecule has 2 aromatic carbocycles. The van der Waals surface area contributed by atoms with Gasteiger partial charge in [0.25, 0.3) is 5.56 Å². The van der Waals surface area contributed by atoms with Crippen molar-refractivity contribution in [1.82, 2.24) is 19.4 Å². The standard InChI is InChI=1S/C23H24N4O2/c28-22(15-26-16-24-20-9-5-4-8-19(20)23(26)29)27-13-12-25(18-10-11-18)14-21(27)17-6-2-1-3-7-17/h1-9,16,18,21H,10-15H2. The van der Waals surface area contributed by atoms with E-state index >= 15 is 0 Å². The van der Waals surface area contributed by atoms with Gasteiger partial charge in [-0.3, -0.25) is 19.1 Å². The van der Waals surface area contributed by atoms with Crippen molar-refractivity contribution in [3.8, 4) is 0 Å². The van der Waals surface area contributed by atoms with Gasteiger partial charge in [0.2, 0.25) is 5.91 Å². The van der Waals surface area contributed by atoms with Gasteiger partial charge in [0.15, 0.2) is 0 Å². The molecule has 0 spiro atoms. The summed E-state index contributed by atoms with van der Waals surface area (Å²) in [5, 5.41) is 0.543. The van der Waals surface area contributed by atoms with E-state index in [0.29, 0.717) is 23.5 Å². The Hall–Kier alpha value is -2.99. The number of para-hydroxylation sites is 1. The van der Waals surface area contributed by atoms with Crippen LogP contribution in [-0.4, -0.2) is 50.9 Å². The van der Waals surface area contributed by atoms with E-state index in [1.165, 1.54) is 23.7 Å². The minimum atomic E-state index is -0.170. The topological polar surface area (TPSA) is 58.4 Å². The van der Waals surface area contributed by atoms with E-state index in [2.05, 4.69) is 22.0 Å². The molecule has 0 N–H and O–H groups in total. The lowest BCUT2D eigenvalue weighted by atomic mass is 10.0. The lowest BCUT2D eigenvalue weighted by Crippen LogP contribution is -2.52. The molecule has 1 saturated heterocycles. The number of hydrogen-bond acceptors (Lipinski definition) is 4. The van der Waals surface area contributed by atoms with Crippen LogP contribution in [0.25, 0.3) is 10.9 Å². The SMILES string of the molecule is O=C(Cn1cnc2ccccc2c1=O)N1CCN(C2CC2)CC1c1ccccc1. The van der Waals surface area contributed by atoms with Crippen LogP contribution in [0.5, 0.6) is 0 Å². The fourth-order valence-corrected chi connectivity index (χ4v) is 4.29. The first-order valence-electron chi connectivity index (χ1n) is 10.2. The van der Waals surface area contributed by atoms with Crippen LogP contribution in [0.2, 0.25) is 0 Å². The van der Waals surface area contributed by atoms with Crippen molar-refractivity contribution < 1.29 is 4.79 Å². The van der Waals surface area contributed by atoms with E-state index in [0.717, 1.165) is 18.7 Å². The van der Waals surface area contributed by atoms with Gasteiger partial charge in [-0.25, -0.2) is 4.98 Å². The van der Waals surface area contributed by atoms with Gasteiger partial charge >= 0.3 is 0 Å². The Kier molecular flexibility index (Phi) is 4.64. The van der Waals surface area contributed by atoms with Gasteiger partial charge in [-0.1, -0.05) is 42.5 Å². The van der Waals surface area contributed by atoms with Gasteiger partial charge in [-0.15, -0.1) is 0 Å². The Balaban J connectivity index is 1.41. The third-order valence-corrected chi connectivity index (χ3v) is 6.02. The van der Waals surface area contributed by atoms with Crippen LogP contribution in [-0.2, 0) is 11.3 Å². The number of nitrogens with zero attached hydrogens (tertiary/aromatic N) is 4. The van der Waals surface area contributed by atoms with Crippen LogP contribution in [0.1, 0.15) is 24.4 Å². The van der Waals surface area contributed by atoms with Crippen LogP contribution < -0.4 is 5.56 Å². The van der Waals surface area contributed by atoms with Crippen molar-refractivity contribution >= 4 is 16.8 Å². The molecule has 2 aliphatic rings. The number of rotatable bonds is 4. The Labute approximate surface area is 169 Å². The highest BCUT2D eigenvalue weighted by molar-refractivity contribution is 5.79. The molecule has 148 valence electrons. The lowest BCUT2D eigenvalue weighted by Gasteiger charge is -2.42. The van der Waals surface area contributed by atoms with Crippen molar-refractivity contribution in [2.45, 2.75) is 31.5 Å². The molecule has 1 atom stereocenters. The van der Waals surface area contributed by atoms with Gasteiger partial charge in [0.1, 0.15) is 6.54 Å². The Bertz CT molecular complexity index is 1090. The van der Waals surface area contributed by atoms with E-state index in [9.17, 15) is 9.59 Å². The average molecular weight is 388 g/mol. The number of amides is 1. The average Bonchev–Trinajstić information content (AvgIpc) is 3.61. The molecule has 1 aromatic heterocycles. The Morgan fingerprint density at radius 3 is 2.55 bits per heavy atom. The summed E-state index contributed by atoms with van der Waals surface area (Å²) in [6.45, 7) is 2.45. The molecule has 2 heterocycles. The predicted molar refractivity (Wildman–Crippen MR) is 111 cm³/mol. The number of carbonyl (C=O) groups excluding carboxylic acids is 1. The quantitative estimate of drug-likeness (QED) is 0.689. The summed E-state index contributed by atoms with van der Waals surface area (Å²) >= 11 is 0. The summed E-state index contributed by atoms with van der Waals surface area (Å²) in [6.07, 6.45) is 4.00. The summed E-state index contributed by atoms with van der Waals surface area (Å²) in [5.41, 5.74) is 1.63. The molecule has 1 aliphatic carbocycles. The maximum Gasteiger partial charge on any atom is 0.261 e. The minimum Gasteiger partial charge on any atom is -0.332 e. The molecule has 1 amide bonds. The third-order valence-electron chi connectivity index (χ3n) is 6.02. The molecule has 0 bridgehead atoms. The highest BCUT2D eigenvalue weighted by Gasteiger charge is 2.37. The molecule has 2 fully saturated rings. The number of carbonyl (C=O) groups is 1. The summed E-state index contributed by atoms with van der Waals surface area (Å²) in [5.74, 6) is -0.0338. The van der Waals surface area contributed by atoms with Gasteiger partial charge in [0, 0.05) is 25.7 Å². The van der Waals surface area contributed by atoms with Gasteiger partial charge in [-0.2, -0.15) is 0 Å². The highest BCUT2D eigenvalue weighted by Crippen LogP contribution is 2.33. The first-order valence-corrected chi connectivity index (χ1v) is 10.2. The van der Waals surface area contributed by atoms with E-state index in [1.54, 1.807) is 6.07 Å². The van der Waals surface area contributed by atoms with Crippen LogP contribution in [0, 0.1) is 0 Å². The highest BCUT2D eigenvalue weighted by atomic mass is 16.2. The molecular formula is C23H24N4O2. The van der Waals surface area contributed by atoms with Crippen LogP contribution >= 0.6 is 0 Å². The zero-order valence-corrected chi connectivity index (χ0v) is 16.3. The summed E-state index contributed by atoms with van der Waals surface area (Å²) in [4.78, 5) is 34.8. The third kappa shape index (κ3) is 3.56. The maximum atomic E-state index is 13.3. The fraction of sp³-hybridized carbons (Fsp3) is 0.348. The zero-order chi connectivity index (χ0) is 19.8. The molecular weight excluding hydrogens is 364 g/mol. The van der Waals surface area contributed by atoms with Crippen LogP contribution in [0.4, 0.5) is 0 Å². The summed E-state index contributed by atoms with van der Waals surface area (Å²) in [7, 11) is 0. The molecule has 6 heteroatoms. The maximum absolute atomic E-state index is 13.3. The van der Waals surface area contributed by atoms with Gasteiger partial charge in [-0.05, 0) is 30.5 Å². The van der Waals surface area contributed by atoms with E-state index in [4.69, 9.17) is 0 Å². The molecule has 1 saturated carbocycles. The number of aromatic nitrogens is 2. The first kappa shape index (κ1) is 18.1. The van der Waals surface area contributed by atoms with Crippen molar-refractivity contribution in [2.75, 3.05) is 19.6 Å². The Morgan fingerprint density at radius 2 is 1.76 bits per heavy atom. The van der Waals surface area contributed by atoms with Crippen molar-refractivity contribution in [2.24, 2.45) is 0 Å². The molecule has 0 radical (unpaired) electrons. The molecule has 1 aliphatic heterocycles. The smallest absolute Gasteiger partial charge is 0.261 e. The zero-order valence-electron chi connectivity index (χ0n) is 16.3. The van der Waals surface area contributed by atoms with Crippen molar-refractivity contribution in [3.05, 3.63) is 76.8 Å². The number of benzene rings is 2. The largest absolute Gasteiger partial charge is 0.332 e. The van der Waals surface area contributed by atoms with E-state index in [1.807, 2.05) is 41.3 Å². The van der Waals surface area contributed by atoms with E-state index in [-0.39, 0.29) is 24.1 Å². The molecule has 3 aromatic rings. The minimum absolute atomic E-state index is 0.0159. The monoisotopic (exact) mass is 388 g/mol. The van der Waals surface area contributed by atoms with Crippen molar-refractivity contribution in [3.63, 3.8) is 0 Å². The summed E-state index contributed by atoms with van der Waals surface area (Å²) in [6, 6.07) is 18.1. The van der Waals surface area contributed by atoms with E-state index < -0.39 is 0 Å². The number of fused-ring (bicyclic) bond motifs is 1. The number of piperazine rings is 1. The second-order valence-corrected chi connectivity index (χ2v) is 7.93. The molecule has 29 heavy (non-hydrogen) atoms. The molecule has 6 nitrogen and oxygen atoms in total. The van der Waals surface area contributed by atoms with Crippen LogP contribution in [0.3, 0.4) is 0 Å². The Morgan fingerprint density at radius 1 is 1.00 bits per heavy atom. The second-order valence-electron chi connectivity index (χ2n) is 7.93. The first-order chi connectivity index (χ1) is 14.2. The molecule has 5 rings (SSSR count). The molecule has 1 unspecified atom stereocenters. The van der Waals surface area contributed by atoms with Crippen molar-refractivity contribution in [1.29, 1.82) is 0 Å². The second kappa shape index (κ2) is 7.44. The lowest BCUT2D eigenvalue weighted by molar-refractivity contribution is -0.137. The fourth-order valence-electron chi connectivity index (χ4n) is 4.29.